The van der Waals surface area contributed by atoms with Crippen LogP contribution in [0.4, 0.5) is 0 Å². The van der Waals surface area contributed by atoms with Gasteiger partial charge in [0.2, 0.25) is 5.91 Å². The minimum Gasteiger partial charge on any atom is -0.340 e. The molecular formula is C10H21N3O. The van der Waals surface area contributed by atoms with E-state index >= 15 is 0 Å². The van der Waals surface area contributed by atoms with Gasteiger partial charge in [-0.1, -0.05) is 0 Å². The summed E-state index contributed by atoms with van der Waals surface area (Å²) < 4.78 is 0. The molecule has 0 aromatic heterocycles. The number of likely N-dealkylation sites (N-methyl/N-ethyl adjacent to an activating group) is 2. The van der Waals surface area contributed by atoms with Crippen LogP contribution in [0, 0.1) is 0 Å². The van der Waals surface area contributed by atoms with Crippen molar-refractivity contribution >= 4 is 5.91 Å². The van der Waals surface area contributed by atoms with Crippen molar-refractivity contribution in [3.63, 3.8) is 0 Å². The van der Waals surface area contributed by atoms with Gasteiger partial charge in [-0.05, 0) is 34.1 Å². The quantitative estimate of drug-likeness (QED) is 0.611. The molecule has 0 unspecified atom stereocenters. The number of rotatable bonds is 2. The summed E-state index contributed by atoms with van der Waals surface area (Å²) in [6.45, 7) is 4.43. The first-order valence-electron chi connectivity index (χ1n) is 5.20. The molecule has 1 rings (SSSR count). The summed E-state index contributed by atoms with van der Waals surface area (Å²) in [7, 11) is 5.98. The maximum absolute atomic E-state index is 11.7. The molecule has 1 saturated heterocycles. The number of nitrogens with zero attached hydrogens (tertiary/aromatic N) is 3. The van der Waals surface area contributed by atoms with Crippen molar-refractivity contribution in [2.24, 2.45) is 0 Å². The Hall–Kier alpha value is -0.610. The van der Waals surface area contributed by atoms with Crippen molar-refractivity contribution in [2.45, 2.75) is 6.42 Å². The van der Waals surface area contributed by atoms with E-state index in [2.05, 4.69) is 11.9 Å². The van der Waals surface area contributed by atoms with Crippen LogP contribution in [0.2, 0.25) is 0 Å². The molecule has 0 aromatic carbocycles. The summed E-state index contributed by atoms with van der Waals surface area (Å²) in [5.74, 6) is 0.255. The van der Waals surface area contributed by atoms with Crippen molar-refractivity contribution in [3.05, 3.63) is 0 Å². The van der Waals surface area contributed by atoms with Crippen molar-refractivity contribution in [1.82, 2.24) is 14.7 Å². The Bertz CT molecular complexity index is 194. The van der Waals surface area contributed by atoms with Gasteiger partial charge in [-0.15, -0.1) is 0 Å². The zero-order valence-corrected chi connectivity index (χ0v) is 9.49. The largest absolute Gasteiger partial charge is 0.340 e. The Morgan fingerprint density at radius 3 is 2.57 bits per heavy atom. The second kappa shape index (κ2) is 5.32. The molecule has 1 aliphatic heterocycles. The van der Waals surface area contributed by atoms with E-state index in [1.54, 1.807) is 0 Å². The lowest BCUT2D eigenvalue weighted by molar-refractivity contribution is -0.131. The van der Waals surface area contributed by atoms with Crippen LogP contribution in [-0.4, -0.2) is 74.5 Å². The lowest BCUT2D eigenvalue weighted by Crippen LogP contribution is -2.39. The summed E-state index contributed by atoms with van der Waals surface area (Å²) in [6, 6.07) is 0. The lowest BCUT2D eigenvalue weighted by atomic mass is 10.3. The van der Waals surface area contributed by atoms with Gasteiger partial charge in [0.15, 0.2) is 0 Å². The van der Waals surface area contributed by atoms with E-state index in [-0.39, 0.29) is 5.91 Å². The molecule has 1 fully saturated rings. The first-order valence-corrected chi connectivity index (χ1v) is 5.20. The lowest BCUT2D eigenvalue weighted by Gasteiger charge is -2.22. The molecule has 0 bridgehead atoms. The first-order chi connectivity index (χ1) is 6.59. The van der Waals surface area contributed by atoms with Gasteiger partial charge in [0.25, 0.3) is 0 Å². The van der Waals surface area contributed by atoms with Crippen LogP contribution in [0.15, 0.2) is 0 Å². The fraction of sp³-hybridized carbons (Fsp3) is 0.900. The fourth-order valence-corrected chi connectivity index (χ4v) is 1.67. The SMILES string of the molecule is CN(C)CC(=O)N1CCCN(C)CC1. The van der Waals surface area contributed by atoms with Gasteiger partial charge in [-0.3, -0.25) is 4.79 Å². The summed E-state index contributed by atoms with van der Waals surface area (Å²) in [4.78, 5) is 17.9. The number of carbonyl (C=O) groups excluding carboxylic acids is 1. The molecular weight excluding hydrogens is 178 g/mol. The third-order valence-electron chi connectivity index (χ3n) is 2.52. The first kappa shape index (κ1) is 11.5. The van der Waals surface area contributed by atoms with Crippen LogP contribution >= 0.6 is 0 Å². The van der Waals surface area contributed by atoms with E-state index in [1.165, 1.54) is 0 Å². The normalized spacial score (nSPS) is 19.9. The second-order valence-electron chi connectivity index (χ2n) is 4.28. The van der Waals surface area contributed by atoms with E-state index in [9.17, 15) is 4.79 Å². The number of carbonyl (C=O) groups is 1. The zero-order valence-electron chi connectivity index (χ0n) is 9.49. The predicted octanol–water partition coefficient (Wildman–Crippen LogP) is -0.288. The highest BCUT2D eigenvalue weighted by molar-refractivity contribution is 5.78. The maximum atomic E-state index is 11.7. The minimum absolute atomic E-state index is 0.255. The van der Waals surface area contributed by atoms with E-state index in [1.807, 2.05) is 23.9 Å². The predicted molar refractivity (Wildman–Crippen MR) is 57.2 cm³/mol. The van der Waals surface area contributed by atoms with Gasteiger partial charge in [-0.2, -0.15) is 0 Å². The van der Waals surface area contributed by atoms with Crippen LogP contribution in [0.1, 0.15) is 6.42 Å². The van der Waals surface area contributed by atoms with Gasteiger partial charge in [-0.25, -0.2) is 0 Å². The molecule has 0 spiro atoms. The molecule has 4 nitrogen and oxygen atoms in total. The van der Waals surface area contributed by atoms with Gasteiger partial charge in [0.1, 0.15) is 0 Å². The summed E-state index contributed by atoms with van der Waals surface area (Å²) in [6.07, 6.45) is 1.09. The third kappa shape index (κ3) is 3.64. The van der Waals surface area contributed by atoms with Crippen LogP contribution in [-0.2, 0) is 4.79 Å². The molecule has 1 heterocycles. The molecule has 1 aliphatic rings. The molecule has 0 atom stereocenters. The van der Waals surface area contributed by atoms with Gasteiger partial charge in [0, 0.05) is 19.6 Å². The Labute approximate surface area is 86.5 Å². The smallest absolute Gasteiger partial charge is 0.236 e. The third-order valence-corrected chi connectivity index (χ3v) is 2.52. The highest BCUT2D eigenvalue weighted by atomic mass is 16.2. The van der Waals surface area contributed by atoms with E-state index < -0.39 is 0 Å². The van der Waals surface area contributed by atoms with Gasteiger partial charge >= 0.3 is 0 Å². The van der Waals surface area contributed by atoms with Crippen molar-refractivity contribution in [2.75, 3.05) is 53.9 Å². The topological polar surface area (TPSA) is 26.8 Å². The fourth-order valence-electron chi connectivity index (χ4n) is 1.67. The molecule has 0 N–H and O–H groups in total. The number of hydrogen-bond donors (Lipinski definition) is 0. The monoisotopic (exact) mass is 199 g/mol. The van der Waals surface area contributed by atoms with Gasteiger partial charge in [0.05, 0.1) is 6.54 Å². The van der Waals surface area contributed by atoms with Crippen LogP contribution in [0.3, 0.4) is 0 Å². The Kier molecular flexibility index (Phi) is 4.35. The van der Waals surface area contributed by atoms with Crippen LogP contribution < -0.4 is 0 Å². The average Bonchev–Trinajstić information content (AvgIpc) is 2.28. The Morgan fingerprint density at radius 1 is 1.21 bits per heavy atom. The van der Waals surface area contributed by atoms with E-state index in [0.29, 0.717) is 6.54 Å². The summed E-state index contributed by atoms with van der Waals surface area (Å²) in [5, 5.41) is 0. The summed E-state index contributed by atoms with van der Waals surface area (Å²) in [5.41, 5.74) is 0. The molecule has 4 heteroatoms. The van der Waals surface area contributed by atoms with Crippen molar-refractivity contribution in [3.8, 4) is 0 Å². The Morgan fingerprint density at radius 2 is 1.93 bits per heavy atom. The van der Waals surface area contributed by atoms with E-state index in [0.717, 1.165) is 32.6 Å². The second-order valence-corrected chi connectivity index (χ2v) is 4.28. The molecule has 14 heavy (non-hydrogen) atoms. The molecule has 0 aromatic rings. The molecule has 1 amide bonds. The highest BCUT2D eigenvalue weighted by Crippen LogP contribution is 2.01. The van der Waals surface area contributed by atoms with Crippen LogP contribution in [0.25, 0.3) is 0 Å². The molecule has 82 valence electrons. The molecule has 0 saturated carbocycles. The van der Waals surface area contributed by atoms with Crippen LogP contribution in [0.5, 0.6) is 0 Å². The number of hydrogen-bond acceptors (Lipinski definition) is 3. The molecule has 0 radical (unpaired) electrons. The van der Waals surface area contributed by atoms with Crippen molar-refractivity contribution < 1.29 is 4.79 Å². The van der Waals surface area contributed by atoms with Gasteiger partial charge < -0.3 is 14.7 Å². The summed E-state index contributed by atoms with van der Waals surface area (Å²) >= 11 is 0. The number of amides is 1. The zero-order chi connectivity index (χ0) is 10.6. The van der Waals surface area contributed by atoms with Crippen molar-refractivity contribution in [1.29, 1.82) is 0 Å². The average molecular weight is 199 g/mol. The standard InChI is InChI=1S/C10H21N3O/c1-11(2)9-10(14)13-6-4-5-12(3)7-8-13/h4-9H2,1-3H3. The Balaban J connectivity index is 2.39. The molecule has 0 aliphatic carbocycles. The maximum Gasteiger partial charge on any atom is 0.236 e. The minimum atomic E-state index is 0.255. The van der Waals surface area contributed by atoms with E-state index in [4.69, 9.17) is 0 Å². The highest BCUT2D eigenvalue weighted by Gasteiger charge is 2.17.